The van der Waals surface area contributed by atoms with E-state index in [0.717, 1.165) is 0 Å². The van der Waals surface area contributed by atoms with Gasteiger partial charge in [0.2, 0.25) is 0 Å². The maximum absolute atomic E-state index is 7.89. The van der Waals surface area contributed by atoms with Crippen molar-refractivity contribution in [2.75, 3.05) is 0 Å². The Labute approximate surface area is 47.9 Å². The standard InChI is InChI=1S/C7H3N/c1-2-3-4-5-6-7-8/h6H,1H2. The Kier molecular flexibility index (Phi) is 4.25. The van der Waals surface area contributed by atoms with E-state index in [0.29, 0.717) is 0 Å². The smallest absolute Gasteiger partial charge is 0.100 e. The van der Waals surface area contributed by atoms with Crippen molar-refractivity contribution in [1.29, 1.82) is 5.26 Å². The maximum atomic E-state index is 7.89. The molecule has 8 heavy (non-hydrogen) atoms. The van der Waals surface area contributed by atoms with Crippen molar-refractivity contribution in [3.05, 3.63) is 35.6 Å². The molecule has 0 amide bonds. The summed E-state index contributed by atoms with van der Waals surface area (Å²) < 4.78 is 0. The Morgan fingerprint density at radius 1 is 1.38 bits per heavy atom. The van der Waals surface area contributed by atoms with Crippen molar-refractivity contribution < 1.29 is 0 Å². The van der Waals surface area contributed by atoms with Crippen LogP contribution in [0.2, 0.25) is 0 Å². The summed E-state index contributed by atoms with van der Waals surface area (Å²) in [7, 11) is 0. The van der Waals surface area contributed by atoms with Gasteiger partial charge in [0.25, 0.3) is 0 Å². The number of nitrogens with zero attached hydrogens (tertiary/aromatic N) is 1. The predicted molar refractivity (Wildman–Crippen MR) is 29.9 cm³/mol. The van der Waals surface area contributed by atoms with E-state index in [1.807, 2.05) is 0 Å². The second-order valence-electron chi connectivity index (χ2n) is 0.845. The molecule has 0 aromatic rings. The van der Waals surface area contributed by atoms with Crippen LogP contribution in [0, 0.1) is 11.3 Å². The van der Waals surface area contributed by atoms with E-state index in [-0.39, 0.29) is 0 Å². The van der Waals surface area contributed by atoms with Gasteiger partial charge in [0.1, 0.15) is 6.07 Å². The molecular formula is C7H3N. The van der Waals surface area contributed by atoms with E-state index in [1.54, 1.807) is 6.07 Å². The highest BCUT2D eigenvalue weighted by molar-refractivity contribution is 5.01. The largest absolute Gasteiger partial charge is 0.192 e. The minimum atomic E-state index is 1.17. The van der Waals surface area contributed by atoms with Gasteiger partial charge in [0.15, 0.2) is 0 Å². The van der Waals surface area contributed by atoms with Gasteiger partial charge in [-0.25, -0.2) is 0 Å². The Bertz CT molecular complexity index is 243. The molecule has 0 saturated carbocycles. The summed E-state index contributed by atoms with van der Waals surface area (Å²) in [6.45, 7) is 3.22. The molecule has 0 aliphatic carbocycles. The first-order valence-electron chi connectivity index (χ1n) is 1.90. The second-order valence-corrected chi connectivity index (χ2v) is 0.845. The molecule has 0 atom stereocenters. The first-order valence-corrected chi connectivity index (χ1v) is 1.90. The lowest BCUT2D eigenvalue weighted by atomic mass is 10.6. The molecular weight excluding hydrogens is 98.1 g/mol. The lowest BCUT2D eigenvalue weighted by Gasteiger charge is -1.41. The monoisotopic (exact) mass is 101 g/mol. The SMILES string of the molecule is C=C=C=C=C=CC#N. The minimum Gasteiger partial charge on any atom is -0.192 e. The zero-order valence-electron chi connectivity index (χ0n) is 4.23. The average Bonchev–Trinajstić information content (AvgIpc) is 1.81. The molecule has 1 heteroatoms. The molecule has 0 rings (SSSR count). The maximum Gasteiger partial charge on any atom is 0.100 e. The third-order valence-electron chi connectivity index (χ3n) is 0.360. The van der Waals surface area contributed by atoms with Crippen molar-refractivity contribution >= 4 is 0 Å². The van der Waals surface area contributed by atoms with E-state index in [1.165, 1.54) is 6.08 Å². The quantitative estimate of drug-likeness (QED) is 0.333. The van der Waals surface area contributed by atoms with Gasteiger partial charge < -0.3 is 0 Å². The highest BCUT2D eigenvalue weighted by atomic mass is 14.2. The third kappa shape index (κ3) is 4.35. The fraction of sp³-hybridized carbons (Fsp3) is 0. The summed E-state index contributed by atoms with van der Waals surface area (Å²) in [5, 5.41) is 7.89. The van der Waals surface area contributed by atoms with E-state index in [9.17, 15) is 0 Å². The van der Waals surface area contributed by atoms with Crippen LogP contribution in [0.3, 0.4) is 0 Å². The topological polar surface area (TPSA) is 23.8 Å². The van der Waals surface area contributed by atoms with Gasteiger partial charge in [-0.15, -0.1) is 0 Å². The zero-order valence-corrected chi connectivity index (χ0v) is 4.23. The summed E-state index contributed by atoms with van der Waals surface area (Å²) in [6.07, 6.45) is 1.17. The molecule has 0 heterocycles. The molecule has 0 bridgehead atoms. The van der Waals surface area contributed by atoms with E-state index < -0.39 is 0 Å². The molecule has 0 aliphatic heterocycles. The molecule has 1 nitrogen and oxygen atoms in total. The van der Waals surface area contributed by atoms with Crippen LogP contribution in [0.15, 0.2) is 35.6 Å². The zero-order chi connectivity index (χ0) is 6.24. The van der Waals surface area contributed by atoms with Crippen LogP contribution in [0.5, 0.6) is 0 Å². The Balaban J connectivity index is 4.55. The van der Waals surface area contributed by atoms with Crippen LogP contribution in [0.25, 0.3) is 0 Å². The van der Waals surface area contributed by atoms with Crippen LogP contribution in [-0.4, -0.2) is 0 Å². The van der Waals surface area contributed by atoms with Crippen LogP contribution in [0.1, 0.15) is 0 Å². The first kappa shape index (κ1) is 6.35. The number of hydrogen-bond donors (Lipinski definition) is 0. The van der Waals surface area contributed by atoms with Crippen LogP contribution >= 0.6 is 0 Å². The molecule has 0 aliphatic rings. The lowest BCUT2D eigenvalue weighted by Crippen LogP contribution is -1.31. The number of allylic oxidation sites excluding steroid dienone is 1. The van der Waals surface area contributed by atoms with E-state index in [4.69, 9.17) is 5.26 Å². The number of hydrogen-bond acceptors (Lipinski definition) is 1. The molecule has 0 spiro atoms. The van der Waals surface area contributed by atoms with E-state index in [2.05, 4.69) is 29.5 Å². The summed E-state index contributed by atoms with van der Waals surface area (Å²) in [4.78, 5) is 0. The summed E-state index contributed by atoms with van der Waals surface area (Å²) in [5.74, 6) is 0. The molecule has 0 aromatic carbocycles. The number of nitriles is 1. The molecule has 0 N–H and O–H groups in total. The first-order chi connectivity index (χ1) is 3.91. The van der Waals surface area contributed by atoms with Crippen molar-refractivity contribution in [2.45, 2.75) is 0 Å². The van der Waals surface area contributed by atoms with E-state index >= 15 is 0 Å². The van der Waals surface area contributed by atoms with Crippen molar-refractivity contribution in [2.24, 2.45) is 0 Å². The minimum absolute atomic E-state index is 1.17. The third-order valence-corrected chi connectivity index (χ3v) is 0.360. The molecule has 0 fully saturated rings. The Hall–Kier alpha value is -1.65. The van der Waals surface area contributed by atoms with Gasteiger partial charge in [0.05, 0.1) is 6.08 Å². The normalized spacial score (nSPS) is 3.88. The Morgan fingerprint density at radius 3 is 2.62 bits per heavy atom. The van der Waals surface area contributed by atoms with Crippen molar-refractivity contribution in [3.63, 3.8) is 0 Å². The van der Waals surface area contributed by atoms with Crippen molar-refractivity contribution in [3.8, 4) is 6.07 Å². The highest BCUT2D eigenvalue weighted by Gasteiger charge is 1.45. The van der Waals surface area contributed by atoms with Crippen LogP contribution in [0.4, 0.5) is 0 Å². The van der Waals surface area contributed by atoms with Crippen LogP contribution in [-0.2, 0) is 0 Å². The predicted octanol–water partition coefficient (Wildman–Crippen LogP) is 1.32. The highest BCUT2D eigenvalue weighted by Crippen LogP contribution is 1.55. The fourth-order valence-electron chi connectivity index (χ4n) is 0.149. The number of rotatable bonds is 0. The van der Waals surface area contributed by atoms with Gasteiger partial charge in [-0.3, -0.25) is 0 Å². The van der Waals surface area contributed by atoms with Gasteiger partial charge in [-0.2, -0.15) is 5.26 Å². The second kappa shape index (κ2) is 5.35. The summed E-state index contributed by atoms with van der Waals surface area (Å²) in [5.41, 5.74) is 9.47. The molecule has 0 aromatic heterocycles. The molecule has 0 radical (unpaired) electrons. The Morgan fingerprint density at radius 2 is 2.12 bits per heavy atom. The van der Waals surface area contributed by atoms with Gasteiger partial charge in [-0.1, -0.05) is 5.73 Å². The van der Waals surface area contributed by atoms with Gasteiger partial charge in [0, 0.05) is 0 Å². The average molecular weight is 101 g/mol. The fourth-order valence-corrected chi connectivity index (χ4v) is 0.149. The summed E-state index contributed by atoms with van der Waals surface area (Å²) >= 11 is 0. The lowest BCUT2D eigenvalue weighted by molar-refractivity contribution is 1.54. The molecule has 0 saturated heterocycles. The van der Waals surface area contributed by atoms with Gasteiger partial charge >= 0.3 is 0 Å². The van der Waals surface area contributed by atoms with Gasteiger partial charge in [-0.05, 0) is 23.8 Å². The summed E-state index contributed by atoms with van der Waals surface area (Å²) in [6, 6.07) is 1.74. The van der Waals surface area contributed by atoms with Crippen molar-refractivity contribution in [1.82, 2.24) is 0 Å². The molecule has 0 unspecified atom stereocenters. The van der Waals surface area contributed by atoms with Crippen LogP contribution < -0.4 is 0 Å². The molecule has 36 valence electrons.